The van der Waals surface area contributed by atoms with Crippen molar-refractivity contribution in [3.8, 4) is 5.75 Å². The first-order chi connectivity index (χ1) is 15.8. The predicted molar refractivity (Wildman–Crippen MR) is 133 cm³/mol. The highest BCUT2D eigenvalue weighted by molar-refractivity contribution is 9.10. The molecule has 33 heavy (non-hydrogen) atoms. The average molecular weight is 529 g/mol. The minimum absolute atomic E-state index is 0.00581. The van der Waals surface area contributed by atoms with Crippen LogP contribution in [0.1, 0.15) is 36.7 Å². The minimum atomic E-state index is -0.297. The second-order valence-electron chi connectivity index (χ2n) is 7.75. The molecule has 1 aromatic heterocycles. The van der Waals surface area contributed by atoms with Gasteiger partial charge in [-0.1, -0.05) is 53.5 Å². The van der Waals surface area contributed by atoms with Gasteiger partial charge in [0.05, 0.1) is 22.1 Å². The number of rotatable bonds is 6. The monoisotopic (exact) mass is 527 g/mol. The van der Waals surface area contributed by atoms with Crippen LogP contribution < -0.4 is 10.3 Å². The van der Waals surface area contributed by atoms with Gasteiger partial charge in [0, 0.05) is 10.4 Å². The van der Waals surface area contributed by atoms with Gasteiger partial charge < -0.3 is 4.74 Å². The lowest BCUT2D eigenvalue weighted by molar-refractivity contribution is 0.306. The Bertz CT molecular complexity index is 1400. The van der Waals surface area contributed by atoms with E-state index in [1.54, 1.807) is 42.6 Å². The quantitative estimate of drug-likeness (QED) is 0.267. The third kappa shape index (κ3) is 5.31. The van der Waals surface area contributed by atoms with Crippen LogP contribution in [0.3, 0.4) is 0 Å². The molecule has 0 spiro atoms. The number of ether oxygens (including phenoxy) is 1. The summed E-state index contributed by atoms with van der Waals surface area (Å²) in [6.07, 6.45) is 1.56. The molecule has 3 aromatic carbocycles. The molecule has 4 rings (SSSR count). The fourth-order valence-corrected chi connectivity index (χ4v) is 3.84. The van der Waals surface area contributed by atoms with E-state index in [9.17, 15) is 9.18 Å². The van der Waals surface area contributed by atoms with Crippen molar-refractivity contribution in [2.75, 3.05) is 0 Å². The standard InChI is InChI=1S/C25H20BrClFN3O2/c1-15(2)24-30-22-9-6-18(26)12-20(22)25(32)31(24)29-13-17-5-10-23(21(27)11-17)33-14-16-3-7-19(28)8-4-16/h3-13,15H,14H2,1-2H3. The van der Waals surface area contributed by atoms with E-state index in [0.29, 0.717) is 33.1 Å². The van der Waals surface area contributed by atoms with Crippen LogP contribution in [0.15, 0.2) is 75.0 Å². The molecule has 1 heterocycles. The molecule has 0 N–H and O–H groups in total. The van der Waals surface area contributed by atoms with E-state index in [2.05, 4.69) is 26.0 Å². The first-order valence-corrected chi connectivity index (χ1v) is 11.4. The molecule has 0 amide bonds. The Labute approximate surface area is 203 Å². The fourth-order valence-electron chi connectivity index (χ4n) is 3.23. The lowest BCUT2D eigenvalue weighted by Gasteiger charge is -2.12. The van der Waals surface area contributed by atoms with E-state index in [1.165, 1.54) is 16.8 Å². The summed E-state index contributed by atoms with van der Waals surface area (Å²) in [5.41, 5.74) is 1.91. The zero-order valence-corrected chi connectivity index (χ0v) is 20.3. The SMILES string of the molecule is CC(C)c1nc2ccc(Br)cc2c(=O)n1N=Cc1ccc(OCc2ccc(F)cc2)c(Cl)c1. The summed E-state index contributed by atoms with van der Waals surface area (Å²) in [4.78, 5) is 17.7. The van der Waals surface area contributed by atoms with Crippen molar-refractivity contribution in [1.29, 1.82) is 0 Å². The third-order valence-corrected chi connectivity index (χ3v) is 5.72. The van der Waals surface area contributed by atoms with Crippen LogP contribution in [-0.4, -0.2) is 15.9 Å². The van der Waals surface area contributed by atoms with Crippen LogP contribution in [0.2, 0.25) is 5.02 Å². The maximum Gasteiger partial charge on any atom is 0.282 e. The Morgan fingerprint density at radius 1 is 1.15 bits per heavy atom. The lowest BCUT2D eigenvalue weighted by atomic mass is 10.2. The van der Waals surface area contributed by atoms with Crippen LogP contribution >= 0.6 is 27.5 Å². The van der Waals surface area contributed by atoms with Gasteiger partial charge in [-0.2, -0.15) is 9.78 Å². The van der Waals surface area contributed by atoms with E-state index in [0.717, 1.165) is 10.0 Å². The highest BCUT2D eigenvalue weighted by Crippen LogP contribution is 2.26. The topological polar surface area (TPSA) is 56.5 Å². The molecule has 0 aliphatic heterocycles. The molecular formula is C25H20BrClFN3O2. The summed E-state index contributed by atoms with van der Waals surface area (Å²) >= 11 is 9.78. The molecule has 4 aromatic rings. The lowest BCUT2D eigenvalue weighted by Crippen LogP contribution is -2.23. The highest BCUT2D eigenvalue weighted by Gasteiger charge is 2.14. The molecule has 8 heteroatoms. The number of nitrogens with zero attached hydrogens (tertiary/aromatic N) is 3. The van der Waals surface area contributed by atoms with Gasteiger partial charge in [-0.05, 0) is 59.7 Å². The van der Waals surface area contributed by atoms with Gasteiger partial charge in [0.15, 0.2) is 0 Å². The van der Waals surface area contributed by atoms with Gasteiger partial charge >= 0.3 is 0 Å². The second kappa shape index (κ2) is 9.85. The highest BCUT2D eigenvalue weighted by atomic mass is 79.9. The molecule has 0 fully saturated rings. The Kier molecular flexibility index (Phi) is 6.91. The van der Waals surface area contributed by atoms with Gasteiger partial charge in [-0.25, -0.2) is 9.37 Å². The number of fused-ring (bicyclic) bond motifs is 1. The van der Waals surface area contributed by atoms with Crippen molar-refractivity contribution in [3.05, 3.63) is 103 Å². The van der Waals surface area contributed by atoms with Crippen LogP contribution in [0.25, 0.3) is 10.9 Å². The summed E-state index contributed by atoms with van der Waals surface area (Å²) in [5.74, 6) is 0.759. The van der Waals surface area contributed by atoms with Gasteiger partial charge in [-0.3, -0.25) is 4.79 Å². The average Bonchev–Trinajstić information content (AvgIpc) is 2.79. The Morgan fingerprint density at radius 3 is 2.61 bits per heavy atom. The summed E-state index contributed by atoms with van der Waals surface area (Å²) < 4.78 is 20.9. The molecule has 0 saturated heterocycles. The van der Waals surface area contributed by atoms with Crippen molar-refractivity contribution < 1.29 is 9.13 Å². The molecule has 0 radical (unpaired) electrons. The van der Waals surface area contributed by atoms with Gasteiger partial charge in [0.2, 0.25) is 0 Å². The first-order valence-electron chi connectivity index (χ1n) is 10.2. The summed E-state index contributed by atoms with van der Waals surface area (Å²) in [6.45, 7) is 4.18. The molecule has 0 unspecified atom stereocenters. The van der Waals surface area contributed by atoms with Gasteiger partial charge in [-0.15, -0.1) is 0 Å². The maximum atomic E-state index is 13.1. The molecule has 5 nitrogen and oxygen atoms in total. The third-order valence-electron chi connectivity index (χ3n) is 4.94. The Balaban J connectivity index is 1.60. The Hall–Kier alpha value is -3.03. The normalized spacial score (nSPS) is 11.6. The number of halogens is 3. The predicted octanol–water partition coefficient (Wildman–Crippen LogP) is 6.54. The zero-order valence-electron chi connectivity index (χ0n) is 17.9. The molecule has 0 atom stereocenters. The van der Waals surface area contributed by atoms with Gasteiger partial charge in [0.1, 0.15) is 24.0 Å². The molecule has 0 aliphatic rings. The van der Waals surface area contributed by atoms with Crippen molar-refractivity contribution >= 4 is 44.6 Å². The van der Waals surface area contributed by atoms with E-state index in [4.69, 9.17) is 16.3 Å². The summed E-state index contributed by atoms with van der Waals surface area (Å²) in [5, 5.41) is 5.30. The van der Waals surface area contributed by atoms with Crippen molar-refractivity contribution in [1.82, 2.24) is 9.66 Å². The molecular weight excluding hydrogens is 509 g/mol. The number of benzene rings is 3. The van der Waals surface area contributed by atoms with Crippen LogP contribution in [0, 0.1) is 5.82 Å². The van der Waals surface area contributed by atoms with Crippen molar-refractivity contribution in [2.45, 2.75) is 26.4 Å². The smallest absolute Gasteiger partial charge is 0.282 e. The molecule has 0 aliphatic carbocycles. The van der Waals surface area contributed by atoms with Crippen LogP contribution in [0.4, 0.5) is 4.39 Å². The van der Waals surface area contributed by atoms with Crippen molar-refractivity contribution in [3.63, 3.8) is 0 Å². The molecule has 0 saturated carbocycles. The zero-order chi connectivity index (χ0) is 23.5. The summed E-state index contributed by atoms with van der Waals surface area (Å²) in [6, 6.07) is 16.7. The van der Waals surface area contributed by atoms with Crippen LogP contribution in [-0.2, 0) is 6.61 Å². The molecule has 168 valence electrons. The van der Waals surface area contributed by atoms with Gasteiger partial charge in [0.25, 0.3) is 5.56 Å². The Morgan fingerprint density at radius 2 is 1.91 bits per heavy atom. The summed E-state index contributed by atoms with van der Waals surface area (Å²) in [7, 11) is 0. The fraction of sp³-hybridized carbons (Fsp3) is 0.160. The van der Waals surface area contributed by atoms with E-state index in [1.807, 2.05) is 26.0 Å². The van der Waals surface area contributed by atoms with E-state index < -0.39 is 0 Å². The largest absolute Gasteiger partial charge is 0.487 e. The van der Waals surface area contributed by atoms with Crippen LogP contribution in [0.5, 0.6) is 5.75 Å². The van der Waals surface area contributed by atoms with E-state index in [-0.39, 0.29) is 23.9 Å². The maximum absolute atomic E-state index is 13.1. The number of hydrogen-bond acceptors (Lipinski definition) is 4. The van der Waals surface area contributed by atoms with E-state index >= 15 is 0 Å². The molecule has 0 bridgehead atoms. The number of aromatic nitrogens is 2. The first kappa shape index (κ1) is 23.1. The minimum Gasteiger partial charge on any atom is -0.487 e. The second-order valence-corrected chi connectivity index (χ2v) is 9.08. The number of hydrogen-bond donors (Lipinski definition) is 0. The van der Waals surface area contributed by atoms with Crippen molar-refractivity contribution in [2.24, 2.45) is 5.10 Å².